The first-order chi connectivity index (χ1) is 11.9. The number of aliphatic hydroxyl groups is 1. The van der Waals surface area contributed by atoms with Gasteiger partial charge in [0.25, 0.3) is 0 Å². The first kappa shape index (κ1) is 19.5. The topological polar surface area (TPSA) is 96.0 Å². The summed E-state index contributed by atoms with van der Waals surface area (Å²) in [4.78, 5) is 13.0. The van der Waals surface area contributed by atoms with E-state index in [-0.39, 0.29) is 18.0 Å². The third kappa shape index (κ3) is 4.41. The molecule has 1 aromatic carbocycles. The molecule has 25 heavy (non-hydrogen) atoms. The molecule has 2 amide bonds. The molecule has 1 aliphatic rings. The second-order valence-corrected chi connectivity index (χ2v) is 6.63. The van der Waals surface area contributed by atoms with Gasteiger partial charge in [0.1, 0.15) is 0 Å². The van der Waals surface area contributed by atoms with Crippen molar-refractivity contribution in [1.29, 1.82) is 0 Å². The number of carbonyl (C=O) groups is 1. The van der Waals surface area contributed by atoms with Crippen LogP contribution in [0.1, 0.15) is 37.7 Å². The summed E-state index contributed by atoms with van der Waals surface area (Å²) >= 11 is 0. The Bertz CT molecular complexity index is 598. The molecule has 1 fully saturated rings. The van der Waals surface area contributed by atoms with E-state index < -0.39 is 23.2 Å². The molecule has 7 heteroatoms. The molecule has 2 unspecified atom stereocenters. The number of nitrogens with two attached hydrogens (primary N) is 1. The van der Waals surface area contributed by atoms with Crippen LogP contribution in [-0.2, 0) is 10.3 Å². The molecule has 0 aliphatic carbocycles. The highest BCUT2D eigenvalue weighted by molar-refractivity contribution is 5.72. The molecule has 0 radical (unpaired) electrons. The smallest absolute Gasteiger partial charge is 0.314 e. The number of methoxy groups -OCH3 is 1. The molecule has 0 aromatic heterocycles. The molecule has 1 saturated heterocycles. The molecule has 140 valence electrons. The standard InChI is InChI=1S/C18H27FN2O4/c1-25-11-3-2-9-18(24,14-7-4-8-15(19)16(14)22)13-6-5-10-21(12-13)17(20)23/h4,7-8,13,22,24H,2-3,5-6,9-12H2,1H3,(H2,20,23). The number of rotatable bonds is 7. The lowest BCUT2D eigenvalue weighted by Crippen LogP contribution is -2.49. The highest BCUT2D eigenvalue weighted by Gasteiger charge is 2.42. The van der Waals surface area contributed by atoms with Crippen molar-refractivity contribution in [3.8, 4) is 5.75 Å². The van der Waals surface area contributed by atoms with Gasteiger partial charge in [-0.25, -0.2) is 9.18 Å². The Labute approximate surface area is 147 Å². The van der Waals surface area contributed by atoms with E-state index in [1.807, 2.05) is 0 Å². The zero-order valence-electron chi connectivity index (χ0n) is 14.6. The number of phenols is 1. The summed E-state index contributed by atoms with van der Waals surface area (Å²) in [5, 5.41) is 21.6. The zero-order valence-corrected chi connectivity index (χ0v) is 14.6. The van der Waals surface area contributed by atoms with Crippen LogP contribution in [0.15, 0.2) is 18.2 Å². The van der Waals surface area contributed by atoms with Crippen LogP contribution >= 0.6 is 0 Å². The maximum absolute atomic E-state index is 13.9. The Balaban J connectivity index is 2.31. The van der Waals surface area contributed by atoms with Crippen molar-refractivity contribution in [2.75, 3.05) is 26.8 Å². The number of likely N-dealkylation sites (tertiary alicyclic amines) is 1. The lowest BCUT2D eigenvalue weighted by atomic mass is 9.73. The van der Waals surface area contributed by atoms with Gasteiger partial charge in [-0.05, 0) is 38.2 Å². The molecular formula is C18H27FN2O4. The van der Waals surface area contributed by atoms with E-state index >= 15 is 0 Å². The van der Waals surface area contributed by atoms with Crippen molar-refractivity contribution in [1.82, 2.24) is 4.90 Å². The van der Waals surface area contributed by atoms with E-state index in [4.69, 9.17) is 10.5 Å². The number of ether oxygens (including phenoxy) is 1. The highest BCUT2D eigenvalue weighted by Crippen LogP contribution is 2.43. The second kappa shape index (κ2) is 8.49. The minimum Gasteiger partial charge on any atom is -0.505 e. The number of nitrogens with zero attached hydrogens (tertiary/aromatic N) is 1. The van der Waals surface area contributed by atoms with Crippen molar-refractivity contribution in [2.24, 2.45) is 11.7 Å². The molecule has 0 bridgehead atoms. The fourth-order valence-corrected chi connectivity index (χ4v) is 3.63. The van der Waals surface area contributed by atoms with Crippen LogP contribution in [0.25, 0.3) is 0 Å². The molecule has 2 atom stereocenters. The van der Waals surface area contributed by atoms with Crippen LogP contribution < -0.4 is 5.73 Å². The number of hydrogen-bond donors (Lipinski definition) is 3. The number of phenolic OH excluding ortho intramolecular Hbond substituents is 1. The van der Waals surface area contributed by atoms with Gasteiger partial charge in [-0.1, -0.05) is 12.1 Å². The van der Waals surface area contributed by atoms with E-state index in [0.717, 1.165) is 12.5 Å². The molecule has 1 aromatic rings. The number of para-hydroxylation sites is 1. The van der Waals surface area contributed by atoms with Crippen LogP contribution in [0, 0.1) is 11.7 Å². The van der Waals surface area contributed by atoms with Crippen LogP contribution in [-0.4, -0.2) is 48.0 Å². The lowest BCUT2D eigenvalue weighted by Gasteiger charge is -2.42. The summed E-state index contributed by atoms with van der Waals surface area (Å²) in [6.45, 7) is 1.38. The predicted octanol–water partition coefficient (Wildman–Crippen LogP) is 2.33. The van der Waals surface area contributed by atoms with Crippen molar-refractivity contribution >= 4 is 6.03 Å². The van der Waals surface area contributed by atoms with E-state index in [2.05, 4.69) is 0 Å². The van der Waals surface area contributed by atoms with Crippen LogP contribution in [0.4, 0.5) is 9.18 Å². The third-order valence-electron chi connectivity index (χ3n) is 5.02. The average molecular weight is 354 g/mol. The van der Waals surface area contributed by atoms with Crippen LogP contribution in [0.5, 0.6) is 5.75 Å². The van der Waals surface area contributed by atoms with Gasteiger partial charge in [0, 0.05) is 38.3 Å². The summed E-state index contributed by atoms with van der Waals surface area (Å²) in [5.41, 5.74) is 4.12. The maximum Gasteiger partial charge on any atom is 0.314 e. The van der Waals surface area contributed by atoms with E-state index in [1.54, 1.807) is 7.11 Å². The molecule has 4 N–H and O–H groups in total. The highest BCUT2D eigenvalue weighted by atomic mass is 19.1. The summed E-state index contributed by atoms with van der Waals surface area (Å²) in [5.74, 6) is -1.63. The van der Waals surface area contributed by atoms with Crippen LogP contribution in [0.2, 0.25) is 0 Å². The Morgan fingerprint density at radius 2 is 2.24 bits per heavy atom. The lowest BCUT2D eigenvalue weighted by molar-refractivity contribution is -0.0575. The average Bonchev–Trinajstić information content (AvgIpc) is 2.61. The number of hydrogen-bond acceptors (Lipinski definition) is 4. The van der Waals surface area contributed by atoms with Crippen LogP contribution in [0.3, 0.4) is 0 Å². The van der Waals surface area contributed by atoms with Gasteiger partial charge in [-0.3, -0.25) is 0 Å². The van der Waals surface area contributed by atoms with Gasteiger partial charge in [-0.2, -0.15) is 0 Å². The number of urea groups is 1. The number of amides is 2. The Hall–Kier alpha value is -1.86. The number of aromatic hydroxyl groups is 1. The third-order valence-corrected chi connectivity index (χ3v) is 5.02. The summed E-state index contributed by atoms with van der Waals surface area (Å²) < 4.78 is 18.9. The van der Waals surface area contributed by atoms with Crippen molar-refractivity contribution in [3.05, 3.63) is 29.6 Å². The first-order valence-electron chi connectivity index (χ1n) is 8.63. The van der Waals surface area contributed by atoms with Gasteiger partial charge in [0.15, 0.2) is 11.6 Å². The number of benzene rings is 1. The monoisotopic (exact) mass is 354 g/mol. The fraction of sp³-hybridized carbons (Fsp3) is 0.611. The normalized spacial score (nSPS) is 20.3. The van der Waals surface area contributed by atoms with Gasteiger partial charge in [0.2, 0.25) is 0 Å². The van der Waals surface area contributed by atoms with Crippen molar-refractivity contribution in [2.45, 2.75) is 37.7 Å². The van der Waals surface area contributed by atoms with E-state index in [0.29, 0.717) is 38.8 Å². The number of halogens is 1. The quantitative estimate of drug-likeness (QED) is 0.655. The molecule has 0 spiro atoms. The van der Waals surface area contributed by atoms with Crippen molar-refractivity contribution < 1.29 is 24.1 Å². The predicted molar refractivity (Wildman–Crippen MR) is 91.6 cm³/mol. The maximum atomic E-state index is 13.9. The number of piperidine rings is 1. The zero-order chi connectivity index (χ0) is 18.4. The molecule has 1 aliphatic heterocycles. The Kier molecular flexibility index (Phi) is 6.61. The van der Waals surface area contributed by atoms with Gasteiger partial charge >= 0.3 is 6.03 Å². The Morgan fingerprint density at radius 1 is 1.48 bits per heavy atom. The summed E-state index contributed by atoms with van der Waals surface area (Å²) in [7, 11) is 1.61. The van der Waals surface area contributed by atoms with E-state index in [9.17, 15) is 19.4 Å². The van der Waals surface area contributed by atoms with Crippen molar-refractivity contribution in [3.63, 3.8) is 0 Å². The largest absolute Gasteiger partial charge is 0.505 e. The summed E-state index contributed by atoms with van der Waals surface area (Å²) in [6.07, 6.45) is 3.09. The SMILES string of the molecule is COCCCCC(O)(c1cccc(F)c1O)C1CCCN(C(N)=O)C1. The van der Waals surface area contributed by atoms with Gasteiger partial charge in [0.05, 0.1) is 5.60 Å². The number of primary amides is 1. The molecule has 6 nitrogen and oxygen atoms in total. The fourth-order valence-electron chi connectivity index (χ4n) is 3.63. The minimum atomic E-state index is -1.44. The minimum absolute atomic E-state index is 0.168. The van der Waals surface area contributed by atoms with Gasteiger partial charge < -0.3 is 25.6 Å². The van der Waals surface area contributed by atoms with Gasteiger partial charge in [-0.15, -0.1) is 0 Å². The summed E-state index contributed by atoms with van der Waals surface area (Å²) in [6, 6.07) is 3.63. The Morgan fingerprint density at radius 3 is 2.92 bits per heavy atom. The number of carbonyl (C=O) groups excluding carboxylic acids is 1. The molecule has 2 rings (SSSR count). The molecular weight excluding hydrogens is 327 g/mol. The second-order valence-electron chi connectivity index (χ2n) is 6.63. The molecule has 0 saturated carbocycles. The molecule has 1 heterocycles. The number of unbranched alkanes of at least 4 members (excludes halogenated alkanes) is 1. The van der Waals surface area contributed by atoms with E-state index in [1.165, 1.54) is 17.0 Å². The first-order valence-corrected chi connectivity index (χ1v) is 8.63.